The van der Waals surface area contributed by atoms with E-state index in [1.165, 1.54) is 25.7 Å². The predicted octanol–water partition coefficient (Wildman–Crippen LogP) is 7.73. The molecule has 0 spiro atoms. The summed E-state index contributed by atoms with van der Waals surface area (Å²) >= 11 is 0. The quantitative estimate of drug-likeness (QED) is 0.0508. The van der Waals surface area contributed by atoms with Gasteiger partial charge >= 0.3 is 17.9 Å². The number of carbonyl (C=O) groups is 3. The minimum absolute atomic E-state index is 0.149. The molecule has 37 heavy (non-hydrogen) atoms. The normalized spacial score (nSPS) is 13.2. The molecule has 0 fully saturated rings. The standard InChI is InChI=1S/C31H50O6/c1-6-9-10-11-12-13-14-15-16-17-18-19-20-21-22-23-29(32)35-24-28(37-31(34)27(5)8-3)25-36-30(33)26(4)7-2/h7-8,12-13,15-16,28H,6,9-11,14,17-25H2,1-5H3/b13-12-,16-15-,26-7+,27-8+/t28-/m0/s1. The molecule has 0 saturated carbocycles. The van der Waals surface area contributed by atoms with Gasteiger partial charge in [0.25, 0.3) is 0 Å². The maximum absolute atomic E-state index is 12.1. The molecule has 210 valence electrons. The zero-order valence-corrected chi connectivity index (χ0v) is 23.9. The lowest BCUT2D eigenvalue weighted by Crippen LogP contribution is -2.31. The number of hydrogen-bond donors (Lipinski definition) is 0. The average molecular weight is 519 g/mol. The minimum atomic E-state index is -0.857. The van der Waals surface area contributed by atoms with Gasteiger partial charge in [-0.1, -0.05) is 75.5 Å². The molecule has 0 N–H and O–H groups in total. The van der Waals surface area contributed by atoms with Crippen LogP contribution in [-0.4, -0.2) is 37.2 Å². The molecule has 0 rings (SSSR count). The molecular formula is C31H50O6. The summed E-state index contributed by atoms with van der Waals surface area (Å²) in [5.74, 6) is -1.37. The highest BCUT2D eigenvalue weighted by molar-refractivity contribution is 5.88. The van der Waals surface area contributed by atoms with Gasteiger partial charge in [-0.2, -0.15) is 0 Å². The van der Waals surface area contributed by atoms with Crippen molar-refractivity contribution < 1.29 is 28.6 Å². The van der Waals surface area contributed by atoms with Crippen LogP contribution in [0.25, 0.3) is 0 Å². The van der Waals surface area contributed by atoms with E-state index in [0.29, 0.717) is 17.6 Å². The van der Waals surface area contributed by atoms with Crippen molar-refractivity contribution in [3.8, 4) is 0 Å². The van der Waals surface area contributed by atoms with Gasteiger partial charge in [0, 0.05) is 17.6 Å². The summed E-state index contributed by atoms with van der Waals surface area (Å²) in [5.41, 5.74) is 0.880. The fourth-order valence-corrected chi connectivity index (χ4v) is 3.22. The third kappa shape index (κ3) is 20.1. The Labute approximate surface area is 225 Å². The number of carbonyl (C=O) groups excluding carboxylic acids is 3. The summed E-state index contributed by atoms with van der Waals surface area (Å²) in [6.45, 7) is 8.63. The van der Waals surface area contributed by atoms with Crippen LogP contribution in [0.3, 0.4) is 0 Å². The molecule has 0 saturated heterocycles. The minimum Gasteiger partial charge on any atom is -0.462 e. The van der Waals surface area contributed by atoms with Gasteiger partial charge in [0.05, 0.1) is 0 Å². The molecule has 1 atom stereocenters. The summed E-state index contributed by atoms with van der Waals surface area (Å²) in [6.07, 6.45) is 24.0. The summed E-state index contributed by atoms with van der Waals surface area (Å²) in [5, 5.41) is 0. The zero-order valence-electron chi connectivity index (χ0n) is 23.9. The second-order valence-electron chi connectivity index (χ2n) is 9.23. The highest BCUT2D eigenvalue weighted by atomic mass is 16.6. The second kappa shape index (κ2) is 23.7. The summed E-state index contributed by atoms with van der Waals surface area (Å²) in [7, 11) is 0. The number of unbranched alkanes of at least 4 members (excludes halogenated alkanes) is 8. The van der Waals surface area contributed by atoms with Gasteiger partial charge in [-0.3, -0.25) is 4.79 Å². The number of rotatable bonds is 21. The number of esters is 3. The first-order chi connectivity index (χ1) is 17.8. The molecule has 0 aromatic heterocycles. The van der Waals surface area contributed by atoms with Crippen molar-refractivity contribution >= 4 is 17.9 Å². The first-order valence-electron chi connectivity index (χ1n) is 13.9. The second-order valence-corrected chi connectivity index (χ2v) is 9.23. The Morgan fingerprint density at radius 2 is 1.22 bits per heavy atom. The van der Waals surface area contributed by atoms with Crippen molar-refractivity contribution in [1.29, 1.82) is 0 Å². The zero-order chi connectivity index (χ0) is 27.7. The highest BCUT2D eigenvalue weighted by Gasteiger charge is 2.20. The average Bonchev–Trinajstić information content (AvgIpc) is 2.90. The summed E-state index contributed by atoms with van der Waals surface area (Å²) < 4.78 is 15.8. The Kier molecular flexibility index (Phi) is 22.1. The van der Waals surface area contributed by atoms with E-state index in [1.54, 1.807) is 39.8 Å². The van der Waals surface area contributed by atoms with Crippen molar-refractivity contribution in [2.24, 2.45) is 0 Å². The lowest BCUT2D eigenvalue weighted by atomic mass is 10.1. The van der Waals surface area contributed by atoms with Crippen molar-refractivity contribution in [2.75, 3.05) is 13.2 Å². The molecule has 0 amide bonds. The summed E-state index contributed by atoms with van der Waals surface area (Å²) in [6, 6.07) is 0. The molecule has 0 aromatic carbocycles. The third-order valence-electron chi connectivity index (χ3n) is 5.95. The summed E-state index contributed by atoms with van der Waals surface area (Å²) in [4.78, 5) is 36.2. The van der Waals surface area contributed by atoms with Gasteiger partial charge in [0.1, 0.15) is 13.2 Å². The SMILES string of the molecule is C/C=C(\C)C(=O)OC[C@H](COC(=O)CCCCCCC/C=C\C/C=C\CCCCC)OC(=O)/C(C)=C/C. The molecule has 0 aliphatic carbocycles. The molecular weight excluding hydrogens is 468 g/mol. The Morgan fingerprint density at radius 1 is 0.676 bits per heavy atom. The van der Waals surface area contributed by atoms with Gasteiger partial charge < -0.3 is 14.2 Å². The highest BCUT2D eigenvalue weighted by Crippen LogP contribution is 2.10. The number of ether oxygens (including phenoxy) is 3. The van der Waals surface area contributed by atoms with Crippen LogP contribution in [0.4, 0.5) is 0 Å². The van der Waals surface area contributed by atoms with E-state index in [1.807, 2.05) is 0 Å². The number of allylic oxidation sites excluding steroid dienone is 6. The maximum Gasteiger partial charge on any atom is 0.333 e. The van der Waals surface area contributed by atoms with Crippen molar-refractivity contribution in [2.45, 2.75) is 118 Å². The molecule has 0 aliphatic rings. The maximum atomic E-state index is 12.1. The van der Waals surface area contributed by atoms with Crippen LogP contribution in [0.15, 0.2) is 47.6 Å². The van der Waals surface area contributed by atoms with E-state index >= 15 is 0 Å². The van der Waals surface area contributed by atoms with Crippen LogP contribution in [0.2, 0.25) is 0 Å². The number of hydrogen-bond acceptors (Lipinski definition) is 6. The Hall–Kier alpha value is -2.63. The van der Waals surface area contributed by atoms with E-state index < -0.39 is 18.0 Å². The topological polar surface area (TPSA) is 78.9 Å². The van der Waals surface area contributed by atoms with Gasteiger partial charge in [0.2, 0.25) is 0 Å². The van der Waals surface area contributed by atoms with Gasteiger partial charge in [-0.15, -0.1) is 0 Å². The van der Waals surface area contributed by atoms with E-state index in [4.69, 9.17) is 14.2 Å². The van der Waals surface area contributed by atoms with Crippen molar-refractivity contribution in [3.63, 3.8) is 0 Å². The Balaban J connectivity index is 4.10. The van der Waals surface area contributed by atoms with Crippen molar-refractivity contribution in [1.82, 2.24) is 0 Å². The third-order valence-corrected chi connectivity index (χ3v) is 5.95. The molecule has 0 heterocycles. The molecule has 0 aliphatic heterocycles. The van der Waals surface area contributed by atoms with Crippen LogP contribution in [-0.2, 0) is 28.6 Å². The largest absolute Gasteiger partial charge is 0.462 e. The smallest absolute Gasteiger partial charge is 0.333 e. The molecule has 0 bridgehead atoms. The fraction of sp³-hybridized carbons (Fsp3) is 0.645. The van der Waals surface area contributed by atoms with Gasteiger partial charge in [-0.05, 0) is 66.2 Å². The molecule has 6 heteroatoms. The van der Waals surface area contributed by atoms with Crippen LogP contribution in [0.1, 0.15) is 112 Å². The van der Waals surface area contributed by atoms with E-state index in [2.05, 4.69) is 31.2 Å². The van der Waals surface area contributed by atoms with Crippen LogP contribution < -0.4 is 0 Å². The molecule has 0 aromatic rings. The predicted molar refractivity (Wildman–Crippen MR) is 150 cm³/mol. The van der Waals surface area contributed by atoms with Crippen LogP contribution in [0.5, 0.6) is 0 Å². The van der Waals surface area contributed by atoms with Crippen LogP contribution >= 0.6 is 0 Å². The van der Waals surface area contributed by atoms with Crippen molar-refractivity contribution in [3.05, 3.63) is 47.6 Å². The van der Waals surface area contributed by atoms with E-state index in [-0.39, 0.29) is 19.2 Å². The lowest BCUT2D eigenvalue weighted by Gasteiger charge is -2.18. The van der Waals surface area contributed by atoms with Crippen LogP contribution in [0, 0.1) is 0 Å². The monoisotopic (exact) mass is 518 g/mol. The fourth-order valence-electron chi connectivity index (χ4n) is 3.22. The Bertz CT molecular complexity index is 760. The van der Waals surface area contributed by atoms with Gasteiger partial charge in [-0.25, -0.2) is 9.59 Å². The Morgan fingerprint density at radius 3 is 1.84 bits per heavy atom. The van der Waals surface area contributed by atoms with E-state index in [9.17, 15) is 14.4 Å². The first kappa shape index (κ1) is 34.4. The van der Waals surface area contributed by atoms with E-state index in [0.717, 1.165) is 44.9 Å². The first-order valence-corrected chi connectivity index (χ1v) is 13.9. The van der Waals surface area contributed by atoms with Gasteiger partial charge in [0.15, 0.2) is 6.10 Å². The molecule has 0 radical (unpaired) electrons. The molecule has 6 nitrogen and oxygen atoms in total. The lowest BCUT2D eigenvalue weighted by molar-refractivity contribution is -0.163. The molecule has 0 unspecified atom stereocenters.